The van der Waals surface area contributed by atoms with Crippen LogP contribution in [0.15, 0.2) is 12.4 Å². The van der Waals surface area contributed by atoms with Crippen molar-refractivity contribution in [2.75, 3.05) is 32.2 Å². The van der Waals surface area contributed by atoms with Gasteiger partial charge in [-0.3, -0.25) is 0 Å². The summed E-state index contributed by atoms with van der Waals surface area (Å²) in [6.07, 6.45) is 4.75. The Labute approximate surface area is 109 Å². The highest BCUT2D eigenvalue weighted by molar-refractivity contribution is 5.25. The van der Waals surface area contributed by atoms with Crippen molar-refractivity contribution in [1.29, 1.82) is 0 Å². The van der Waals surface area contributed by atoms with E-state index in [2.05, 4.69) is 28.7 Å². The Morgan fingerprint density at radius 1 is 1.44 bits per heavy atom. The molecule has 1 heterocycles. The van der Waals surface area contributed by atoms with E-state index in [4.69, 9.17) is 9.47 Å². The summed E-state index contributed by atoms with van der Waals surface area (Å²) in [7, 11) is 1.71. The maximum atomic E-state index is 5.70. The number of imidazole rings is 1. The van der Waals surface area contributed by atoms with Crippen molar-refractivity contribution in [3.63, 3.8) is 0 Å². The van der Waals surface area contributed by atoms with Gasteiger partial charge >= 0.3 is 0 Å². The SMILES string of the molecule is CCOC(C)(C)Cn1ccnc1NCCCOC. The molecule has 0 atom stereocenters. The summed E-state index contributed by atoms with van der Waals surface area (Å²) in [5, 5.41) is 3.31. The lowest BCUT2D eigenvalue weighted by atomic mass is 10.1. The first-order chi connectivity index (χ1) is 8.59. The van der Waals surface area contributed by atoms with E-state index in [9.17, 15) is 0 Å². The molecule has 5 heteroatoms. The molecule has 0 fully saturated rings. The van der Waals surface area contributed by atoms with E-state index in [1.54, 1.807) is 13.3 Å². The van der Waals surface area contributed by atoms with Gasteiger partial charge < -0.3 is 19.4 Å². The summed E-state index contributed by atoms with van der Waals surface area (Å²) < 4.78 is 12.8. The smallest absolute Gasteiger partial charge is 0.202 e. The molecule has 0 bridgehead atoms. The van der Waals surface area contributed by atoms with Crippen LogP contribution < -0.4 is 5.32 Å². The summed E-state index contributed by atoms with van der Waals surface area (Å²) in [5.41, 5.74) is -0.182. The summed E-state index contributed by atoms with van der Waals surface area (Å²) in [4.78, 5) is 4.31. The number of ether oxygens (including phenoxy) is 2. The first-order valence-corrected chi connectivity index (χ1v) is 6.47. The van der Waals surface area contributed by atoms with E-state index in [1.807, 2.05) is 13.1 Å². The van der Waals surface area contributed by atoms with E-state index in [0.717, 1.165) is 38.7 Å². The van der Waals surface area contributed by atoms with Gasteiger partial charge in [-0.2, -0.15) is 0 Å². The molecule has 1 rings (SSSR count). The van der Waals surface area contributed by atoms with E-state index in [1.165, 1.54) is 0 Å². The van der Waals surface area contributed by atoms with Crippen molar-refractivity contribution in [3.05, 3.63) is 12.4 Å². The average Bonchev–Trinajstić information content (AvgIpc) is 2.71. The zero-order chi connectivity index (χ0) is 13.4. The van der Waals surface area contributed by atoms with Gasteiger partial charge in [0.15, 0.2) is 0 Å². The Hall–Kier alpha value is -1.07. The third-order valence-electron chi connectivity index (χ3n) is 2.61. The molecule has 104 valence electrons. The predicted molar refractivity (Wildman–Crippen MR) is 72.9 cm³/mol. The minimum absolute atomic E-state index is 0.182. The van der Waals surface area contributed by atoms with Gasteiger partial charge in [0, 0.05) is 39.3 Å². The Balaban J connectivity index is 2.49. The average molecular weight is 255 g/mol. The molecule has 0 aliphatic carbocycles. The van der Waals surface area contributed by atoms with Crippen molar-refractivity contribution in [1.82, 2.24) is 9.55 Å². The molecule has 0 aromatic carbocycles. The minimum Gasteiger partial charge on any atom is -0.385 e. The molecule has 0 saturated heterocycles. The van der Waals surface area contributed by atoms with Gasteiger partial charge in [0.1, 0.15) is 0 Å². The molecular formula is C13H25N3O2. The number of aromatic nitrogens is 2. The van der Waals surface area contributed by atoms with E-state index in [-0.39, 0.29) is 5.60 Å². The van der Waals surface area contributed by atoms with Crippen molar-refractivity contribution < 1.29 is 9.47 Å². The van der Waals surface area contributed by atoms with Crippen LogP contribution in [0, 0.1) is 0 Å². The quantitative estimate of drug-likeness (QED) is 0.687. The summed E-state index contributed by atoms with van der Waals surface area (Å²) in [6.45, 7) is 9.32. The van der Waals surface area contributed by atoms with Crippen molar-refractivity contribution in [3.8, 4) is 0 Å². The van der Waals surface area contributed by atoms with E-state index >= 15 is 0 Å². The van der Waals surface area contributed by atoms with Crippen LogP contribution in [0.25, 0.3) is 0 Å². The van der Waals surface area contributed by atoms with Crippen LogP contribution in [0.4, 0.5) is 5.95 Å². The van der Waals surface area contributed by atoms with Crippen LogP contribution in [0.5, 0.6) is 0 Å². The molecule has 18 heavy (non-hydrogen) atoms. The third kappa shape index (κ3) is 5.06. The van der Waals surface area contributed by atoms with Gasteiger partial charge in [0.05, 0.1) is 12.1 Å². The highest BCUT2D eigenvalue weighted by Crippen LogP contribution is 2.15. The second-order valence-corrected chi connectivity index (χ2v) is 4.84. The molecular weight excluding hydrogens is 230 g/mol. The van der Waals surface area contributed by atoms with Gasteiger partial charge in [-0.15, -0.1) is 0 Å². The lowest BCUT2D eigenvalue weighted by molar-refractivity contribution is -0.0220. The molecule has 0 spiro atoms. The minimum atomic E-state index is -0.182. The first kappa shape index (κ1) is 15.0. The van der Waals surface area contributed by atoms with Crippen molar-refractivity contribution in [2.45, 2.75) is 39.3 Å². The Morgan fingerprint density at radius 2 is 2.22 bits per heavy atom. The summed E-state index contributed by atoms with van der Waals surface area (Å²) in [5.74, 6) is 0.888. The standard InChI is InChI=1S/C13H25N3O2/c1-5-18-13(2,3)11-16-9-8-15-12(16)14-7-6-10-17-4/h8-9H,5-7,10-11H2,1-4H3,(H,14,15). The fourth-order valence-corrected chi connectivity index (χ4v) is 1.87. The summed E-state index contributed by atoms with van der Waals surface area (Å²) in [6, 6.07) is 0. The largest absolute Gasteiger partial charge is 0.385 e. The normalized spacial score (nSPS) is 11.8. The first-order valence-electron chi connectivity index (χ1n) is 6.47. The number of hydrogen-bond donors (Lipinski definition) is 1. The second-order valence-electron chi connectivity index (χ2n) is 4.84. The zero-order valence-electron chi connectivity index (χ0n) is 11.9. The molecule has 1 N–H and O–H groups in total. The molecule has 0 amide bonds. The number of anilines is 1. The monoisotopic (exact) mass is 255 g/mol. The molecule has 0 aliphatic heterocycles. The molecule has 0 unspecified atom stereocenters. The number of nitrogens with one attached hydrogen (secondary N) is 1. The van der Waals surface area contributed by atoms with Crippen molar-refractivity contribution >= 4 is 5.95 Å². The molecule has 0 radical (unpaired) electrons. The Morgan fingerprint density at radius 3 is 2.89 bits per heavy atom. The highest BCUT2D eigenvalue weighted by atomic mass is 16.5. The van der Waals surface area contributed by atoms with Crippen LogP contribution >= 0.6 is 0 Å². The molecule has 1 aromatic rings. The second kappa shape index (κ2) is 7.38. The van der Waals surface area contributed by atoms with E-state index < -0.39 is 0 Å². The maximum absolute atomic E-state index is 5.70. The van der Waals surface area contributed by atoms with Gasteiger partial charge in [-0.05, 0) is 27.2 Å². The van der Waals surface area contributed by atoms with Crippen LogP contribution in [-0.2, 0) is 16.0 Å². The van der Waals surface area contributed by atoms with Crippen molar-refractivity contribution in [2.24, 2.45) is 0 Å². The summed E-state index contributed by atoms with van der Waals surface area (Å²) >= 11 is 0. The van der Waals surface area contributed by atoms with Crippen LogP contribution in [0.2, 0.25) is 0 Å². The molecule has 1 aromatic heterocycles. The van der Waals surface area contributed by atoms with Crippen LogP contribution in [0.1, 0.15) is 27.2 Å². The van der Waals surface area contributed by atoms with Crippen LogP contribution in [0.3, 0.4) is 0 Å². The zero-order valence-corrected chi connectivity index (χ0v) is 11.9. The fraction of sp³-hybridized carbons (Fsp3) is 0.769. The Bertz CT molecular complexity index is 337. The number of hydrogen-bond acceptors (Lipinski definition) is 4. The highest BCUT2D eigenvalue weighted by Gasteiger charge is 2.19. The van der Waals surface area contributed by atoms with Gasteiger partial charge in [-0.1, -0.05) is 0 Å². The third-order valence-corrected chi connectivity index (χ3v) is 2.61. The number of rotatable bonds is 9. The number of methoxy groups -OCH3 is 1. The molecule has 5 nitrogen and oxygen atoms in total. The fourth-order valence-electron chi connectivity index (χ4n) is 1.87. The van der Waals surface area contributed by atoms with Gasteiger partial charge in [0.25, 0.3) is 0 Å². The lowest BCUT2D eigenvalue weighted by Crippen LogP contribution is -2.31. The number of nitrogens with zero attached hydrogens (tertiary/aromatic N) is 2. The topological polar surface area (TPSA) is 48.3 Å². The van der Waals surface area contributed by atoms with Gasteiger partial charge in [0.2, 0.25) is 5.95 Å². The molecule has 0 saturated carbocycles. The van der Waals surface area contributed by atoms with E-state index in [0.29, 0.717) is 0 Å². The lowest BCUT2D eigenvalue weighted by Gasteiger charge is -2.26. The predicted octanol–water partition coefficient (Wildman–Crippen LogP) is 2.15. The van der Waals surface area contributed by atoms with Gasteiger partial charge in [-0.25, -0.2) is 4.98 Å². The Kier molecular flexibility index (Phi) is 6.15. The maximum Gasteiger partial charge on any atom is 0.202 e. The van der Waals surface area contributed by atoms with Crippen LogP contribution in [-0.4, -0.2) is 42.0 Å². The molecule has 0 aliphatic rings.